The van der Waals surface area contributed by atoms with Crippen molar-refractivity contribution < 1.29 is 4.42 Å². The fraction of sp³-hybridized carbons (Fsp3) is 0.308. The van der Waals surface area contributed by atoms with Crippen LogP contribution in [-0.2, 0) is 0 Å². The van der Waals surface area contributed by atoms with E-state index in [9.17, 15) is 4.79 Å². The summed E-state index contributed by atoms with van der Waals surface area (Å²) in [5.74, 6) is 0. The van der Waals surface area contributed by atoms with E-state index >= 15 is 0 Å². The molecule has 2 nitrogen and oxygen atoms in total. The zero-order chi connectivity index (χ0) is 11.3. The predicted molar refractivity (Wildman–Crippen MR) is 73.5 cm³/mol. The number of halogens is 1. The van der Waals surface area contributed by atoms with E-state index in [0.717, 1.165) is 10.9 Å². The van der Waals surface area contributed by atoms with Crippen LogP contribution in [0.25, 0.3) is 11.0 Å². The van der Waals surface area contributed by atoms with E-state index in [2.05, 4.69) is 13.8 Å². The molecule has 0 aliphatic carbocycles. The lowest BCUT2D eigenvalue weighted by atomic mass is 10.1. The van der Waals surface area contributed by atoms with E-state index in [0.29, 0.717) is 5.58 Å². The molecule has 0 saturated carbocycles. The average Bonchev–Trinajstić information content (AvgIpc) is 2.18. The quantitative estimate of drug-likeness (QED) is 0.682. The summed E-state index contributed by atoms with van der Waals surface area (Å²) >= 11 is 0. The highest BCUT2D eigenvalue weighted by Crippen LogP contribution is 2.14. The maximum atomic E-state index is 10.9. The number of aryl methyl sites for hydroxylation is 1. The second kappa shape index (κ2) is 7.23. The Morgan fingerprint density at radius 3 is 2.38 bits per heavy atom. The van der Waals surface area contributed by atoms with Crippen LogP contribution in [0.5, 0.6) is 0 Å². The SMILES string of the molecule is Br.CCC.Cc1cc(=O)oc2ccccc12. The Kier molecular flexibility index (Phi) is 6.74. The lowest BCUT2D eigenvalue weighted by molar-refractivity contribution is 0.560. The van der Waals surface area contributed by atoms with Gasteiger partial charge in [0.25, 0.3) is 0 Å². The topological polar surface area (TPSA) is 30.2 Å². The molecule has 0 aliphatic rings. The average molecular weight is 285 g/mol. The summed E-state index contributed by atoms with van der Waals surface area (Å²) in [6.07, 6.45) is 1.25. The van der Waals surface area contributed by atoms with Crippen molar-refractivity contribution in [1.82, 2.24) is 0 Å². The molecule has 0 atom stereocenters. The third-order valence-corrected chi connectivity index (χ3v) is 1.86. The zero-order valence-corrected chi connectivity index (χ0v) is 11.5. The Labute approximate surface area is 106 Å². The third-order valence-electron chi connectivity index (χ3n) is 1.86. The van der Waals surface area contributed by atoms with Gasteiger partial charge < -0.3 is 4.42 Å². The van der Waals surface area contributed by atoms with Crippen LogP contribution < -0.4 is 5.63 Å². The third kappa shape index (κ3) is 3.81. The Morgan fingerprint density at radius 1 is 1.19 bits per heavy atom. The van der Waals surface area contributed by atoms with Crippen LogP contribution in [-0.4, -0.2) is 0 Å². The molecule has 0 bridgehead atoms. The smallest absolute Gasteiger partial charge is 0.336 e. The molecule has 0 fully saturated rings. The highest BCUT2D eigenvalue weighted by Gasteiger charge is 1.98. The van der Waals surface area contributed by atoms with Gasteiger partial charge in [-0.25, -0.2) is 4.79 Å². The molecule has 3 heteroatoms. The summed E-state index contributed by atoms with van der Waals surface area (Å²) in [5, 5.41) is 0.997. The standard InChI is InChI=1S/C10H8O2.C3H8.BrH/c1-7-6-10(11)12-9-5-3-2-4-8(7)9;1-3-2;/h2-6H,1H3;3H2,1-2H3;1H. The molecule has 2 rings (SSSR count). The minimum atomic E-state index is -0.286. The van der Waals surface area contributed by atoms with Gasteiger partial charge in [0, 0.05) is 11.5 Å². The van der Waals surface area contributed by atoms with Gasteiger partial charge in [-0.15, -0.1) is 17.0 Å². The van der Waals surface area contributed by atoms with Gasteiger partial charge in [-0.1, -0.05) is 38.5 Å². The van der Waals surface area contributed by atoms with Gasteiger partial charge in [0.05, 0.1) is 0 Å². The van der Waals surface area contributed by atoms with Gasteiger partial charge in [0.15, 0.2) is 0 Å². The molecule has 0 unspecified atom stereocenters. The number of hydrogen-bond acceptors (Lipinski definition) is 2. The predicted octanol–water partition coefficient (Wildman–Crippen LogP) is 4.10. The number of hydrogen-bond donors (Lipinski definition) is 0. The first kappa shape index (κ1) is 14.9. The summed E-state index contributed by atoms with van der Waals surface area (Å²) in [7, 11) is 0. The first-order valence-corrected chi connectivity index (χ1v) is 5.18. The Hall–Kier alpha value is -1.09. The largest absolute Gasteiger partial charge is 0.423 e. The minimum absolute atomic E-state index is 0. The van der Waals surface area contributed by atoms with Crippen molar-refractivity contribution in [2.45, 2.75) is 27.2 Å². The molecule has 0 amide bonds. The van der Waals surface area contributed by atoms with Crippen molar-refractivity contribution in [3.8, 4) is 0 Å². The molecule has 1 aromatic carbocycles. The Balaban J connectivity index is 0.000000511. The molecular weight excluding hydrogens is 268 g/mol. The fourth-order valence-corrected chi connectivity index (χ4v) is 1.27. The van der Waals surface area contributed by atoms with Gasteiger partial charge in [-0.05, 0) is 18.6 Å². The van der Waals surface area contributed by atoms with Gasteiger partial charge in [-0.2, -0.15) is 0 Å². The summed E-state index contributed by atoms with van der Waals surface area (Å²) in [6, 6.07) is 9.01. The van der Waals surface area contributed by atoms with Crippen molar-refractivity contribution in [3.63, 3.8) is 0 Å². The van der Waals surface area contributed by atoms with Crippen molar-refractivity contribution in [3.05, 3.63) is 46.3 Å². The maximum Gasteiger partial charge on any atom is 0.336 e. The molecule has 0 saturated heterocycles. The lowest BCUT2D eigenvalue weighted by Crippen LogP contribution is -1.97. The van der Waals surface area contributed by atoms with Crippen molar-refractivity contribution in [1.29, 1.82) is 0 Å². The van der Waals surface area contributed by atoms with E-state index < -0.39 is 0 Å². The van der Waals surface area contributed by atoms with E-state index in [1.54, 1.807) is 6.07 Å². The van der Waals surface area contributed by atoms with Crippen LogP contribution >= 0.6 is 17.0 Å². The number of fused-ring (bicyclic) bond motifs is 1. The van der Waals surface area contributed by atoms with E-state index in [-0.39, 0.29) is 22.6 Å². The van der Waals surface area contributed by atoms with Gasteiger partial charge in [-0.3, -0.25) is 0 Å². The van der Waals surface area contributed by atoms with Crippen molar-refractivity contribution in [2.75, 3.05) is 0 Å². The second-order valence-corrected chi connectivity index (χ2v) is 3.45. The highest BCUT2D eigenvalue weighted by molar-refractivity contribution is 8.93. The molecule has 1 heterocycles. The fourth-order valence-electron chi connectivity index (χ4n) is 1.27. The molecule has 88 valence electrons. The number of benzene rings is 1. The first-order chi connectivity index (χ1) is 7.19. The summed E-state index contributed by atoms with van der Waals surface area (Å²) < 4.78 is 4.99. The Bertz CT molecular complexity index is 489. The van der Waals surface area contributed by atoms with Gasteiger partial charge in [0.2, 0.25) is 0 Å². The molecule has 2 aromatic rings. The van der Waals surface area contributed by atoms with Crippen LogP contribution in [0.2, 0.25) is 0 Å². The first-order valence-electron chi connectivity index (χ1n) is 5.18. The molecule has 0 spiro atoms. The monoisotopic (exact) mass is 284 g/mol. The minimum Gasteiger partial charge on any atom is -0.423 e. The van der Waals surface area contributed by atoms with Crippen LogP contribution in [0.15, 0.2) is 39.5 Å². The number of rotatable bonds is 0. The lowest BCUT2D eigenvalue weighted by Gasteiger charge is -1.97. The number of para-hydroxylation sites is 1. The Morgan fingerprint density at radius 2 is 1.75 bits per heavy atom. The van der Waals surface area contributed by atoms with E-state index in [1.807, 2.05) is 25.1 Å². The summed E-state index contributed by atoms with van der Waals surface area (Å²) in [5.41, 5.74) is 1.33. The van der Waals surface area contributed by atoms with Gasteiger partial charge in [0.1, 0.15) is 5.58 Å². The molecule has 16 heavy (non-hydrogen) atoms. The molecular formula is C13H17BrO2. The van der Waals surface area contributed by atoms with Crippen LogP contribution in [0.4, 0.5) is 0 Å². The molecule has 0 N–H and O–H groups in total. The van der Waals surface area contributed by atoms with Crippen molar-refractivity contribution in [2.24, 2.45) is 0 Å². The second-order valence-electron chi connectivity index (χ2n) is 3.45. The maximum absolute atomic E-state index is 10.9. The summed E-state index contributed by atoms with van der Waals surface area (Å²) in [4.78, 5) is 10.9. The zero-order valence-electron chi connectivity index (χ0n) is 9.82. The molecule has 1 aromatic heterocycles. The van der Waals surface area contributed by atoms with Gasteiger partial charge >= 0.3 is 5.63 Å². The summed E-state index contributed by atoms with van der Waals surface area (Å²) in [6.45, 7) is 6.15. The van der Waals surface area contributed by atoms with E-state index in [4.69, 9.17) is 4.42 Å². The highest BCUT2D eigenvalue weighted by atomic mass is 79.9. The van der Waals surface area contributed by atoms with Crippen molar-refractivity contribution >= 4 is 28.0 Å². The normalized spacial score (nSPS) is 8.94. The van der Waals surface area contributed by atoms with Crippen LogP contribution in [0.3, 0.4) is 0 Å². The van der Waals surface area contributed by atoms with Crippen LogP contribution in [0.1, 0.15) is 25.8 Å². The van der Waals surface area contributed by atoms with E-state index in [1.165, 1.54) is 12.5 Å². The van der Waals surface area contributed by atoms with Crippen LogP contribution in [0, 0.1) is 6.92 Å². The molecule has 0 aliphatic heterocycles. The molecule has 0 radical (unpaired) electrons.